The minimum Gasteiger partial charge on any atom is -0.493 e. The summed E-state index contributed by atoms with van der Waals surface area (Å²) in [5, 5.41) is 18.1. The van der Waals surface area contributed by atoms with Crippen molar-refractivity contribution >= 4 is 40.4 Å². The molecule has 0 aromatic heterocycles. The topological polar surface area (TPSA) is 98.0 Å². The molecule has 0 saturated heterocycles. The van der Waals surface area contributed by atoms with Crippen molar-refractivity contribution in [3.05, 3.63) is 82.2 Å². The maximum absolute atomic E-state index is 13.6. The molecule has 8 nitrogen and oxygen atoms in total. The molecule has 0 fully saturated rings. The number of carbonyl (C=O) groups is 2. The number of Topliss-reactive ketones (excluding diaryl/α,β-unsaturated/α-hetero) is 1. The predicted molar refractivity (Wildman–Crippen MR) is 227 cm³/mol. The lowest BCUT2D eigenvalue weighted by atomic mass is 9.92. The van der Waals surface area contributed by atoms with Crippen LogP contribution in [0, 0.1) is 24.2 Å². The lowest BCUT2D eigenvalue weighted by Crippen LogP contribution is -2.52. The number of alkyl halides is 3. The molecule has 3 rings (SSSR count). The minimum atomic E-state index is -4.45. The Balaban J connectivity index is 0.000000760. The van der Waals surface area contributed by atoms with E-state index in [1.165, 1.54) is 31.0 Å². The van der Waals surface area contributed by atoms with Gasteiger partial charge in [0.1, 0.15) is 11.4 Å². The average Bonchev–Trinajstić information content (AvgIpc) is 3.14. The highest BCUT2D eigenvalue weighted by molar-refractivity contribution is 7.80. The summed E-state index contributed by atoms with van der Waals surface area (Å²) in [5.74, 6) is 1.02. The van der Waals surface area contributed by atoms with Crippen LogP contribution in [0.25, 0.3) is 0 Å². The van der Waals surface area contributed by atoms with Crippen LogP contribution < -0.4 is 15.0 Å². The van der Waals surface area contributed by atoms with Gasteiger partial charge in [-0.25, -0.2) is 5.01 Å². The predicted octanol–water partition coefficient (Wildman–Crippen LogP) is 11.8. The highest BCUT2D eigenvalue weighted by Crippen LogP contribution is 2.35. The van der Waals surface area contributed by atoms with Gasteiger partial charge in [0, 0.05) is 17.8 Å². The summed E-state index contributed by atoms with van der Waals surface area (Å²) in [6, 6.07) is 10.8. The molecule has 2 aromatic rings. The zero-order valence-electron chi connectivity index (χ0n) is 35.5. The van der Waals surface area contributed by atoms with Gasteiger partial charge in [-0.3, -0.25) is 9.59 Å². The Bertz CT molecular complexity index is 1790. The highest BCUT2D eigenvalue weighted by Gasteiger charge is 2.37. The summed E-state index contributed by atoms with van der Waals surface area (Å²) in [5.41, 5.74) is 2.00. The second kappa shape index (κ2) is 22.9. The van der Waals surface area contributed by atoms with Crippen LogP contribution in [0.4, 0.5) is 18.9 Å². The number of amides is 1. The van der Waals surface area contributed by atoms with Crippen molar-refractivity contribution in [1.29, 1.82) is 5.26 Å². The Morgan fingerprint density at radius 2 is 1.62 bits per heavy atom. The fourth-order valence-corrected chi connectivity index (χ4v) is 6.07. The Kier molecular flexibility index (Phi) is 20.3. The van der Waals surface area contributed by atoms with Gasteiger partial charge in [0.15, 0.2) is 11.6 Å². The molecule has 1 amide bonds. The number of anilines is 1. The van der Waals surface area contributed by atoms with Crippen LogP contribution in [-0.2, 0) is 15.8 Å². The van der Waals surface area contributed by atoms with Crippen LogP contribution in [0.1, 0.15) is 143 Å². The fraction of sp³-hybridized carbons (Fsp3) is 0.523. The van der Waals surface area contributed by atoms with Crippen LogP contribution in [0.3, 0.4) is 0 Å². The van der Waals surface area contributed by atoms with Gasteiger partial charge >= 0.3 is 6.18 Å². The summed E-state index contributed by atoms with van der Waals surface area (Å²) in [6.07, 6.45) is 1.89. The van der Waals surface area contributed by atoms with Crippen LogP contribution in [0.15, 0.2) is 65.0 Å². The van der Waals surface area contributed by atoms with Crippen LogP contribution in [0.2, 0.25) is 0 Å². The van der Waals surface area contributed by atoms with Crippen LogP contribution >= 0.6 is 12.2 Å². The van der Waals surface area contributed by atoms with E-state index < -0.39 is 17.3 Å². The number of carbonyl (C=O) groups excluding carboxylic acids is 2. The molecule has 0 spiro atoms. The molecule has 56 heavy (non-hydrogen) atoms. The number of aryl methyl sites for hydroxylation is 1. The number of hydrogen-bond donors (Lipinski definition) is 1. The van der Waals surface area contributed by atoms with Gasteiger partial charge in [-0.1, -0.05) is 91.2 Å². The van der Waals surface area contributed by atoms with Gasteiger partial charge in [-0.2, -0.15) is 18.4 Å². The van der Waals surface area contributed by atoms with Crippen molar-refractivity contribution in [2.45, 2.75) is 140 Å². The number of hydrazone groups is 1. The molecular weight excluding hydrogens is 736 g/mol. The van der Waals surface area contributed by atoms with E-state index in [0.29, 0.717) is 52.8 Å². The van der Waals surface area contributed by atoms with E-state index in [0.717, 1.165) is 42.3 Å². The van der Waals surface area contributed by atoms with Crippen molar-refractivity contribution in [3.63, 3.8) is 0 Å². The van der Waals surface area contributed by atoms with Crippen molar-refractivity contribution in [2.75, 3.05) is 11.5 Å². The van der Waals surface area contributed by atoms with Gasteiger partial charge < -0.3 is 15.0 Å². The standard InChI is InChI=1S/C31H46N4O3S.C9H6F3N.C4H10/c1-11-15-21(6)35-28(22(7)20(5)13-3)30(37)32-29(33-35)25-19-24(17-18-26(25)38-14-4)34(23(8)39)31(9,10)27(36)16-12-2;1-6-2-3-7(5-13)8(4-6)9(10,11)12;1-3-4-2/h17-20H,6,11-16H2,1-5,7-10H3,(H,32,33,37);2-4H,1H3;3-4H2,1-2H3/b28-22-;;. The van der Waals surface area contributed by atoms with E-state index in [-0.39, 0.29) is 23.2 Å². The number of nitrogens with zero attached hydrogens (tertiary/aromatic N) is 4. The number of allylic oxidation sites excluding steroid dienone is 2. The first-order chi connectivity index (χ1) is 26.2. The Morgan fingerprint density at radius 3 is 2.11 bits per heavy atom. The molecule has 2 aromatic carbocycles. The van der Waals surface area contributed by atoms with Crippen LogP contribution in [-0.4, -0.2) is 39.7 Å². The summed E-state index contributed by atoms with van der Waals surface area (Å²) in [7, 11) is 0. The maximum Gasteiger partial charge on any atom is 0.417 e. The van der Waals surface area contributed by atoms with Gasteiger partial charge in [0.2, 0.25) is 0 Å². The third-order valence-corrected chi connectivity index (χ3v) is 9.52. The molecule has 0 saturated carbocycles. The normalized spacial score (nSPS) is 14.1. The van der Waals surface area contributed by atoms with Crippen molar-refractivity contribution in [3.8, 4) is 11.8 Å². The SMILES string of the molecule is C=C(CCC)N1N=C(c2cc(N(C(C)=S)C(C)(C)C(=O)CCC)ccc2OCC)NC(=O)/C1=C(\C)C(C)CC.CCCC.Cc1ccc(C#N)c(C(F)(F)F)c1. The Labute approximate surface area is 338 Å². The van der Waals surface area contributed by atoms with Gasteiger partial charge in [-0.15, -0.1) is 5.10 Å². The molecule has 0 radical (unpaired) electrons. The first-order valence-electron chi connectivity index (χ1n) is 19.5. The largest absolute Gasteiger partial charge is 0.493 e. The minimum absolute atomic E-state index is 0.102. The molecule has 12 heteroatoms. The first-order valence-corrected chi connectivity index (χ1v) is 19.9. The van der Waals surface area contributed by atoms with E-state index in [9.17, 15) is 22.8 Å². The Hall–Kier alpha value is -4.50. The van der Waals surface area contributed by atoms with Crippen molar-refractivity contribution in [2.24, 2.45) is 11.0 Å². The summed E-state index contributed by atoms with van der Waals surface area (Å²) in [6.45, 7) is 28.4. The van der Waals surface area contributed by atoms with E-state index in [2.05, 4.69) is 46.5 Å². The van der Waals surface area contributed by atoms with Crippen LogP contribution in [0.5, 0.6) is 5.75 Å². The summed E-state index contributed by atoms with van der Waals surface area (Å²) in [4.78, 5) is 29.2. The smallest absolute Gasteiger partial charge is 0.417 e. The maximum atomic E-state index is 13.6. The third-order valence-electron chi connectivity index (χ3n) is 9.33. The molecule has 308 valence electrons. The number of halogens is 3. The zero-order chi connectivity index (χ0) is 43.0. The third kappa shape index (κ3) is 13.3. The van der Waals surface area contributed by atoms with E-state index in [1.807, 2.05) is 64.6 Å². The van der Waals surface area contributed by atoms with E-state index in [1.54, 1.807) is 11.9 Å². The van der Waals surface area contributed by atoms with Crippen molar-refractivity contribution < 1.29 is 27.5 Å². The summed E-state index contributed by atoms with van der Waals surface area (Å²) < 4.78 is 42.8. The number of hydrogen-bond acceptors (Lipinski definition) is 7. The van der Waals surface area contributed by atoms with E-state index >= 15 is 0 Å². The summed E-state index contributed by atoms with van der Waals surface area (Å²) >= 11 is 5.63. The number of ketones is 1. The number of thiocarbonyl (C=S) groups is 1. The zero-order valence-corrected chi connectivity index (χ0v) is 36.3. The molecule has 0 bridgehead atoms. The monoisotopic (exact) mass is 797 g/mol. The molecule has 1 unspecified atom stereocenters. The van der Waals surface area contributed by atoms with Crippen molar-refractivity contribution in [1.82, 2.24) is 10.3 Å². The molecule has 1 heterocycles. The molecule has 1 atom stereocenters. The number of amidine groups is 1. The van der Waals surface area contributed by atoms with Gasteiger partial charge in [0.05, 0.1) is 39.9 Å². The second-order valence-electron chi connectivity index (χ2n) is 14.2. The first kappa shape index (κ1) is 49.5. The number of ether oxygens (including phenoxy) is 1. The lowest BCUT2D eigenvalue weighted by Gasteiger charge is -2.39. The number of nitriles is 1. The van der Waals surface area contributed by atoms with E-state index in [4.69, 9.17) is 27.3 Å². The van der Waals surface area contributed by atoms with Gasteiger partial charge in [-0.05, 0) is 103 Å². The number of unbranched alkanes of at least 4 members (excludes halogenated alkanes) is 1. The highest BCUT2D eigenvalue weighted by atomic mass is 32.1. The molecule has 1 aliphatic heterocycles. The molecule has 0 aliphatic carbocycles. The quantitative estimate of drug-likeness (QED) is 0.150. The lowest BCUT2D eigenvalue weighted by molar-refractivity contribution is -0.137. The molecule has 1 N–H and O–H groups in total. The van der Waals surface area contributed by atoms with Gasteiger partial charge in [0.25, 0.3) is 5.91 Å². The number of rotatable bonds is 14. The number of nitrogens with one attached hydrogen (secondary N) is 1. The number of benzene rings is 2. The fourth-order valence-electron chi connectivity index (χ4n) is 5.74. The average molecular weight is 798 g/mol. The second-order valence-corrected chi connectivity index (χ2v) is 14.8. The Morgan fingerprint density at radius 1 is 1.02 bits per heavy atom. The molecular formula is C44H62F3N5O3S. The molecule has 1 aliphatic rings.